The largest absolute Gasteiger partial charge is 0.374 e. The molecular weight excluding hydrogens is 256 g/mol. The second-order valence-corrected chi connectivity index (χ2v) is 6.19. The molecule has 19 heavy (non-hydrogen) atoms. The number of nitrogens with one attached hydrogen (secondary N) is 1. The first-order valence-electron chi connectivity index (χ1n) is 7.43. The average Bonchev–Trinajstić information content (AvgIpc) is 2.92. The smallest absolute Gasteiger partial charge is 0.0858 e. The first-order chi connectivity index (χ1) is 9.33. The highest BCUT2D eigenvalue weighted by atomic mass is 32.1. The van der Waals surface area contributed by atoms with Crippen LogP contribution in [0.2, 0.25) is 0 Å². The van der Waals surface area contributed by atoms with Gasteiger partial charge in [0.2, 0.25) is 0 Å². The van der Waals surface area contributed by atoms with Crippen LogP contribution in [0, 0.1) is 0 Å². The van der Waals surface area contributed by atoms with Crippen molar-refractivity contribution in [3.05, 3.63) is 22.4 Å². The molecule has 1 fully saturated rings. The molecule has 0 spiro atoms. The predicted octanol–water partition coefficient (Wildman–Crippen LogP) is 2.38. The van der Waals surface area contributed by atoms with Crippen molar-refractivity contribution in [3.8, 4) is 0 Å². The van der Waals surface area contributed by atoms with E-state index >= 15 is 0 Å². The second-order valence-electron chi connectivity index (χ2n) is 5.16. The van der Waals surface area contributed by atoms with Crippen LogP contribution in [0.5, 0.6) is 0 Å². The number of likely N-dealkylation sites (N-methyl/N-ethyl adjacent to an activating group) is 1. The predicted molar refractivity (Wildman–Crippen MR) is 82.0 cm³/mol. The van der Waals surface area contributed by atoms with Gasteiger partial charge in [-0.2, -0.15) is 0 Å². The van der Waals surface area contributed by atoms with Gasteiger partial charge < -0.3 is 10.1 Å². The Balaban J connectivity index is 1.93. The summed E-state index contributed by atoms with van der Waals surface area (Å²) >= 11 is 1.84. The van der Waals surface area contributed by atoms with Crippen LogP contribution in [0.4, 0.5) is 0 Å². The summed E-state index contributed by atoms with van der Waals surface area (Å²) in [6.45, 7) is 9.64. The van der Waals surface area contributed by atoms with Crippen molar-refractivity contribution in [3.63, 3.8) is 0 Å². The highest BCUT2D eigenvalue weighted by molar-refractivity contribution is 7.09. The zero-order valence-electron chi connectivity index (χ0n) is 12.1. The van der Waals surface area contributed by atoms with Crippen LogP contribution < -0.4 is 5.32 Å². The molecule has 108 valence electrons. The summed E-state index contributed by atoms with van der Waals surface area (Å²) in [6.07, 6.45) is 2.63. The normalized spacial score (nSPS) is 22.5. The average molecular weight is 282 g/mol. The summed E-state index contributed by atoms with van der Waals surface area (Å²) in [4.78, 5) is 3.98. The zero-order chi connectivity index (χ0) is 13.5. The summed E-state index contributed by atoms with van der Waals surface area (Å²) in [5.41, 5.74) is 0. The SMILES string of the molecule is CCCN1CCOC(C(Cc2cccs2)NCC)C1. The Hall–Kier alpha value is -0.420. The van der Waals surface area contributed by atoms with Gasteiger partial charge in [0.1, 0.15) is 0 Å². The van der Waals surface area contributed by atoms with E-state index in [1.165, 1.54) is 17.8 Å². The molecule has 0 radical (unpaired) electrons. The Morgan fingerprint density at radius 2 is 2.42 bits per heavy atom. The molecule has 0 bridgehead atoms. The summed E-state index contributed by atoms with van der Waals surface area (Å²) in [5, 5.41) is 5.76. The van der Waals surface area contributed by atoms with E-state index < -0.39 is 0 Å². The lowest BCUT2D eigenvalue weighted by atomic mass is 10.0. The Kier molecular flexibility index (Phi) is 6.31. The van der Waals surface area contributed by atoms with Gasteiger partial charge in [0.05, 0.1) is 12.7 Å². The standard InChI is InChI=1S/C15H26N2OS/c1-3-7-17-8-9-18-15(12-17)14(16-4-2)11-13-6-5-10-19-13/h5-6,10,14-16H,3-4,7-9,11-12H2,1-2H3. The van der Waals surface area contributed by atoms with Crippen molar-refractivity contribution >= 4 is 11.3 Å². The number of nitrogens with zero attached hydrogens (tertiary/aromatic N) is 1. The maximum atomic E-state index is 6.02. The molecule has 4 heteroatoms. The first kappa shape index (κ1) is 15.0. The molecule has 2 atom stereocenters. The maximum Gasteiger partial charge on any atom is 0.0858 e. The fourth-order valence-electron chi connectivity index (χ4n) is 2.74. The Bertz CT molecular complexity index is 340. The van der Waals surface area contributed by atoms with Crippen LogP contribution in [-0.2, 0) is 11.2 Å². The van der Waals surface area contributed by atoms with Crippen molar-refractivity contribution in [1.82, 2.24) is 10.2 Å². The van der Waals surface area contributed by atoms with Crippen LogP contribution in [0.3, 0.4) is 0 Å². The number of ether oxygens (including phenoxy) is 1. The van der Waals surface area contributed by atoms with Gasteiger partial charge in [-0.05, 0) is 37.4 Å². The molecule has 1 aliphatic heterocycles. The van der Waals surface area contributed by atoms with E-state index in [2.05, 4.69) is 41.6 Å². The van der Waals surface area contributed by atoms with E-state index in [9.17, 15) is 0 Å². The first-order valence-corrected chi connectivity index (χ1v) is 8.31. The van der Waals surface area contributed by atoms with E-state index in [0.717, 1.165) is 32.7 Å². The highest BCUT2D eigenvalue weighted by Gasteiger charge is 2.27. The molecule has 2 rings (SSSR count). The monoisotopic (exact) mass is 282 g/mol. The van der Waals surface area contributed by atoms with Crippen LogP contribution in [-0.4, -0.2) is 49.8 Å². The van der Waals surface area contributed by atoms with Crippen molar-refractivity contribution in [2.45, 2.75) is 38.8 Å². The molecular formula is C15H26N2OS. The van der Waals surface area contributed by atoms with Crippen molar-refractivity contribution in [2.24, 2.45) is 0 Å². The fraction of sp³-hybridized carbons (Fsp3) is 0.733. The Labute approximate surface area is 121 Å². The van der Waals surface area contributed by atoms with Crippen molar-refractivity contribution in [2.75, 3.05) is 32.8 Å². The second kappa shape index (κ2) is 8.00. The minimum Gasteiger partial charge on any atom is -0.374 e. The molecule has 0 saturated carbocycles. The molecule has 2 heterocycles. The van der Waals surface area contributed by atoms with E-state index in [1.54, 1.807) is 0 Å². The van der Waals surface area contributed by atoms with Gasteiger partial charge in [-0.25, -0.2) is 0 Å². The summed E-state index contributed by atoms with van der Waals surface area (Å²) in [6, 6.07) is 4.79. The van der Waals surface area contributed by atoms with Gasteiger partial charge in [-0.3, -0.25) is 4.90 Å². The lowest BCUT2D eigenvalue weighted by Gasteiger charge is -2.37. The number of hydrogen-bond donors (Lipinski definition) is 1. The van der Waals surface area contributed by atoms with Crippen LogP contribution in [0.15, 0.2) is 17.5 Å². The number of rotatable bonds is 7. The highest BCUT2D eigenvalue weighted by Crippen LogP contribution is 2.17. The molecule has 0 aliphatic carbocycles. The van der Waals surface area contributed by atoms with Gasteiger partial charge in [0.15, 0.2) is 0 Å². The molecule has 0 amide bonds. The molecule has 1 N–H and O–H groups in total. The number of thiophene rings is 1. The molecule has 2 unspecified atom stereocenters. The third-order valence-electron chi connectivity index (χ3n) is 3.63. The van der Waals surface area contributed by atoms with Gasteiger partial charge in [0.25, 0.3) is 0 Å². The molecule has 1 aromatic heterocycles. The molecule has 3 nitrogen and oxygen atoms in total. The van der Waals surface area contributed by atoms with Gasteiger partial charge >= 0.3 is 0 Å². The summed E-state index contributed by atoms with van der Waals surface area (Å²) in [5.74, 6) is 0. The Morgan fingerprint density at radius 1 is 1.53 bits per heavy atom. The Morgan fingerprint density at radius 3 is 3.11 bits per heavy atom. The van der Waals surface area contributed by atoms with Crippen LogP contribution in [0.25, 0.3) is 0 Å². The van der Waals surface area contributed by atoms with E-state index in [1.807, 2.05) is 11.3 Å². The number of hydrogen-bond acceptors (Lipinski definition) is 4. The van der Waals surface area contributed by atoms with Gasteiger partial charge in [0, 0.05) is 24.0 Å². The minimum atomic E-state index is 0.322. The van der Waals surface area contributed by atoms with E-state index in [-0.39, 0.29) is 0 Å². The molecule has 1 aliphatic rings. The summed E-state index contributed by atoms with van der Waals surface area (Å²) in [7, 11) is 0. The minimum absolute atomic E-state index is 0.322. The van der Waals surface area contributed by atoms with E-state index in [4.69, 9.17) is 4.74 Å². The lowest BCUT2D eigenvalue weighted by Crippen LogP contribution is -2.53. The fourth-order valence-corrected chi connectivity index (χ4v) is 3.50. The number of morpholine rings is 1. The van der Waals surface area contributed by atoms with Gasteiger partial charge in [-0.1, -0.05) is 19.9 Å². The molecule has 1 saturated heterocycles. The van der Waals surface area contributed by atoms with Crippen molar-refractivity contribution < 1.29 is 4.74 Å². The summed E-state index contributed by atoms with van der Waals surface area (Å²) < 4.78 is 6.02. The third-order valence-corrected chi connectivity index (χ3v) is 4.53. The topological polar surface area (TPSA) is 24.5 Å². The zero-order valence-corrected chi connectivity index (χ0v) is 12.9. The quantitative estimate of drug-likeness (QED) is 0.831. The lowest BCUT2D eigenvalue weighted by molar-refractivity contribution is -0.0458. The molecule has 0 aromatic carbocycles. The van der Waals surface area contributed by atoms with Crippen molar-refractivity contribution in [1.29, 1.82) is 0 Å². The maximum absolute atomic E-state index is 6.02. The van der Waals surface area contributed by atoms with Crippen LogP contribution >= 0.6 is 11.3 Å². The molecule has 1 aromatic rings. The van der Waals surface area contributed by atoms with E-state index in [0.29, 0.717) is 12.1 Å². The third kappa shape index (κ3) is 4.56. The van der Waals surface area contributed by atoms with Crippen LogP contribution in [0.1, 0.15) is 25.1 Å². The van der Waals surface area contributed by atoms with Gasteiger partial charge in [-0.15, -0.1) is 11.3 Å².